The number of hydrogen-bond acceptors (Lipinski definition) is 4. The summed E-state index contributed by atoms with van der Waals surface area (Å²) in [5, 5.41) is 0. The first kappa shape index (κ1) is 20.7. The Labute approximate surface area is 161 Å². The maximum absolute atomic E-state index is 12.9. The summed E-state index contributed by atoms with van der Waals surface area (Å²) in [5.41, 5.74) is 0.535. The van der Waals surface area contributed by atoms with E-state index >= 15 is 0 Å². The fourth-order valence-electron chi connectivity index (χ4n) is 2.95. The summed E-state index contributed by atoms with van der Waals surface area (Å²) in [4.78, 5) is 25.8. The van der Waals surface area contributed by atoms with Gasteiger partial charge in [-0.15, -0.1) is 0 Å². The third-order valence-corrected chi connectivity index (χ3v) is 4.77. The van der Waals surface area contributed by atoms with Crippen molar-refractivity contribution in [2.24, 2.45) is 5.41 Å². The van der Waals surface area contributed by atoms with Crippen molar-refractivity contribution in [3.05, 3.63) is 71.8 Å². The Morgan fingerprint density at radius 3 is 1.59 bits per heavy atom. The molecule has 0 aliphatic carbocycles. The number of rotatable bonds is 10. The Kier molecular flexibility index (Phi) is 8.05. The second-order valence-corrected chi connectivity index (χ2v) is 6.66. The second kappa shape index (κ2) is 10.5. The molecule has 0 bridgehead atoms. The lowest BCUT2D eigenvalue weighted by Crippen LogP contribution is -2.41. The number of hydrogen-bond donors (Lipinski definition) is 0. The largest absolute Gasteiger partial charge is 0.460 e. The lowest BCUT2D eigenvalue weighted by atomic mass is 9.80. The van der Waals surface area contributed by atoms with Crippen LogP contribution in [0.4, 0.5) is 0 Å². The van der Waals surface area contributed by atoms with Crippen molar-refractivity contribution < 1.29 is 19.1 Å². The maximum Gasteiger partial charge on any atom is 0.323 e. The molecule has 2 aromatic rings. The van der Waals surface area contributed by atoms with Gasteiger partial charge >= 0.3 is 11.9 Å². The summed E-state index contributed by atoms with van der Waals surface area (Å²) >= 11 is 0. The number of carbonyl (C=O) groups excluding carboxylic acids is 2. The minimum atomic E-state index is -1.25. The zero-order valence-electron chi connectivity index (χ0n) is 16.1. The van der Waals surface area contributed by atoms with Gasteiger partial charge in [0.25, 0.3) is 0 Å². The molecule has 0 atom stereocenters. The van der Waals surface area contributed by atoms with E-state index in [1.54, 1.807) is 0 Å². The van der Waals surface area contributed by atoms with Crippen LogP contribution in [0.2, 0.25) is 0 Å². The molecule has 0 N–H and O–H groups in total. The van der Waals surface area contributed by atoms with Crippen LogP contribution in [0.25, 0.3) is 0 Å². The summed E-state index contributed by atoms with van der Waals surface area (Å²) in [5.74, 6) is -0.999. The van der Waals surface area contributed by atoms with Gasteiger partial charge in [-0.25, -0.2) is 0 Å². The molecule has 27 heavy (non-hydrogen) atoms. The third kappa shape index (κ3) is 5.68. The lowest BCUT2D eigenvalue weighted by molar-refractivity contribution is -0.175. The smallest absolute Gasteiger partial charge is 0.323 e. The molecule has 0 fully saturated rings. The van der Waals surface area contributed by atoms with Crippen molar-refractivity contribution in [1.29, 1.82) is 0 Å². The highest BCUT2D eigenvalue weighted by Crippen LogP contribution is 2.33. The lowest BCUT2D eigenvalue weighted by Gasteiger charge is -2.28. The molecule has 0 amide bonds. The molecule has 0 saturated carbocycles. The van der Waals surface area contributed by atoms with Gasteiger partial charge in [-0.3, -0.25) is 9.59 Å². The van der Waals surface area contributed by atoms with Crippen LogP contribution >= 0.6 is 0 Å². The Hall–Kier alpha value is -2.62. The van der Waals surface area contributed by atoms with Crippen LogP contribution in [-0.4, -0.2) is 11.9 Å². The normalized spacial score (nSPS) is 11.0. The van der Waals surface area contributed by atoms with Crippen LogP contribution in [0.15, 0.2) is 60.7 Å². The van der Waals surface area contributed by atoms with E-state index in [1.807, 2.05) is 74.5 Å². The van der Waals surface area contributed by atoms with Crippen molar-refractivity contribution in [3.63, 3.8) is 0 Å². The van der Waals surface area contributed by atoms with Gasteiger partial charge in [0.1, 0.15) is 13.2 Å². The molecule has 2 aromatic carbocycles. The second-order valence-electron chi connectivity index (χ2n) is 6.66. The zero-order chi connectivity index (χ0) is 19.5. The highest BCUT2D eigenvalue weighted by Gasteiger charge is 2.46. The topological polar surface area (TPSA) is 52.6 Å². The predicted octanol–water partition coefficient (Wildman–Crippen LogP) is 5.06. The summed E-state index contributed by atoms with van der Waals surface area (Å²) in [7, 11) is 0. The van der Waals surface area contributed by atoms with Crippen LogP contribution in [0.5, 0.6) is 0 Å². The van der Waals surface area contributed by atoms with Gasteiger partial charge in [0, 0.05) is 0 Å². The Bertz CT molecular complexity index is 654. The highest BCUT2D eigenvalue weighted by molar-refractivity contribution is 6.00. The first-order chi connectivity index (χ1) is 13.1. The zero-order valence-corrected chi connectivity index (χ0v) is 16.1. The average Bonchev–Trinajstić information content (AvgIpc) is 2.73. The van der Waals surface area contributed by atoms with Crippen molar-refractivity contribution in [2.75, 3.05) is 0 Å². The molecular formula is C23H28O4. The number of esters is 2. The molecule has 144 valence electrons. The van der Waals surface area contributed by atoms with E-state index in [0.29, 0.717) is 12.8 Å². The van der Waals surface area contributed by atoms with Crippen molar-refractivity contribution in [1.82, 2.24) is 0 Å². The fourth-order valence-corrected chi connectivity index (χ4v) is 2.95. The molecular weight excluding hydrogens is 340 g/mol. The molecule has 0 heterocycles. The highest BCUT2D eigenvalue weighted by atomic mass is 16.6. The molecule has 0 unspecified atom stereocenters. The van der Waals surface area contributed by atoms with Crippen molar-refractivity contribution in [3.8, 4) is 0 Å². The van der Waals surface area contributed by atoms with Crippen LogP contribution in [-0.2, 0) is 32.3 Å². The first-order valence-corrected chi connectivity index (χ1v) is 9.54. The summed E-state index contributed by atoms with van der Waals surface area (Å²) in [6.45, 7) is 4.17. The van der Waals surface area contributed by atoms with Gasteiger partial charge in [-0.1, -0.05) is 87.4 Å². The number of unbranched alkanes of at least 4 members (excludes halogenated alkanes) is 1. The van der Waals surface area contributed by atoms with Gasteiger partial charge in [-0.05, 0) is 24.0 Å². The SMILES string of the molecule is CCCCC(CC)(C(=O)OCc1ccccc1)C(=O)OCc1ccccc1. The number of carbonyl (C=O) groups is 2. The van der Waals surface area contributed by atoms with Gasteiger partial charge in [0.05, 0.1) is 0 Å². The van der Waals surface area contributed by atoms with Gasteiger partial charge in [0.2, 0.25) is 0 Å². The van der Waals surface area contributed by atoms with E-state index in [9.17, 15) is 9.59 Å². The molecule has 0 aromatic heterocycles. The van der Waals surface area contributed by atoms with E-state index in [2.05, 4.69) is 0 Å². The molecule has 4 nitrogen and oxygen atoms in total. The Balaban J connectivity index is 2.09. The standard InChI is InChI=1S/C23H28O4/c1-3-5-16-23(4-2,21(24)26-17-19-12-8-6-9-13-19)22(25)27-18-20-14-10-7-11-15-20/h6-15H,3-5,16-18H2,1-2H3. The Morgan fingerprint density at radius 2 is 1.22 bits per heavy atom. The average molecular weight is 368 g/mol. The molecule has 0 aliphatic rings. The molecule has 0 saturated heterocycles. The molecule has 2 rings (SSSR count). The van der Waals surface area contributed by atoms with Gasteiger partial charge < -0.3 is 9.47 Å². The van der Waals surface area contributed by atoms with E-state index in [4.69, 9.17) is 9.47 Å². The molecule has 0 aliphatic heterocycles. The predicted molar refractivity (Wildman–Crippen MR) is 105 cm³/mol. The van der Waals surface area contributed by atoms with Crippen LogP contribution in [0.1, 0.15) is 50.7 Å². The Morgan fingerprint density at radius 1 is 0.778 bits per heavy atom. The van der Waals surface area contributed by atoms with E-state index in [-0.39, 0.29) is 13.2 Å². The molecule has 4 heteroatoms. The number of ether oxygens (including phenoxy) is 2. The quantitative estimate of drug-likeness (QED) is 0.434. The van der Waals surface area contributed by atoms with Gasteiger partial charge in [-0.2, -0.15) is 0 Å². The van der Waals surface area contributed by atoms with Crippen LogP contribution in [0.3, 0.4) is 0 Å². The van der Waals surface area contributed by atoms with E-state index in [0.717, 1.165) is 24.0 Å². The minimum absolute atomic E-state index is 0.152. The third-order valence-electron chi connectivity index (χ3n) is 4.77. The van der Waals surface area contributed by atoms with Crippen LogP contribution in [0, 0.1) is 5.41 Å². The molecule has 0 radical (unpaired) electrons. The summed E-state index contributed by atoms with van der Waals surface area (Å²) < 4.78 is 11.0. The van der Waals surface area contributed by atoms with Gasteiger partial charge in [0.15, 0.2) is 5.41 Å². The van der Waals surface area contributed by atoms with Crippen LogP contribution < -0.4 is 0 Å². The first-order valence-electron chi connectivity index (χ1n) is 9.54. The minimum Gasteiger partial charge on any atom is -0.460 e. The van der Waals surface area contributed by atoms with E-state index < -0.39 is 17.4 Å². The monoisotopic (exact) mass is 368 g/mol. The van der Waals surface area contributed by atoms with Crippen molar-refractivity contribution >= 4 is 11.9 Å². The maximum atomic E-state index is 12.9. The molecule has 0 spiro atoms. The fraction of sp³-hybridized carbons (Fsp3) is 0.391. The summed E-state index contributed by atoms with van der Waals surface area (Å²) in [6, 6.07) is 18.9. The number of benzene rings is 2. The van der Waals surface area contributed by atoms with E-state index in [1.165, 1.54) is 0 Å². The van der Waals surface area contributed by atoms with Crippen molar-refractivity contribution in [2.45, 2.75) is 52.7 Å². The summed E-state index contributed by atoms with van der Waals surface area (Å²) in [6.07, 6.45) is 2.43.